The van der Waals surface area contributed by atoms with Crippen LogP contribution in [0.15, 0.2) is 48.6 Å². The molecular weight excluding hydrogens is 587 g/mol. The normalized spacial score (nSPS) is 16.9. The maximum absolute atomic E-state index is 6.75. The predicted octanol–water partition coefficient (Wildman–Crippen LogP) is 14.2. The average Bonchev–Trinajstić information content (AvgIpc) is 3.49. The van der Waals surface area contributed by atoms with Gasteiger partial charge >= 0.3 is 0 Å². The Hall–Kier alpha value is -1.16. The van der Waals surface area contributed by atoms with Gasteiger partial charge in [-0.25, -0.2) is 0 Å². The van der Waals surface area contributed by atoms with Crippen molar-refractivity contribution in [2.75, 3.05) is 20.2 Å². The number of hydrogen-bond acceptors (Lipinski definition) is 3. The maximum Gasteiger partial charge on any atom is 0.168 e. The van der Waals surface area contributed by atoms with Crippen LogP contribution < -0.4 is 0 Å². The highest BCUT2D eigenvalue weighted by atomic mass is 16.7. The molecule has 0 aromatic carbocycles. The van der Waals surface area contributed by atoms with Crippen LogP contribution in [0.3, 0.4) is 0 Å². The Morgan fingerprint density at radius 3 is 1.38 bits per heavy atom. The lowest BCUT2D eigenvalue weighted by Crippen LogP contribution is -2.33. The van der Waals surface area contributed by atoms with Gasteiger partial charge in [-0.2, -0.15) is 0 Å². The minimum Gasteiger partial charge on any atom is -0.347 e. The standard InChI is InChI=1S/C45H83NO2/c1-6-8-10-12-14-16-18-20-22-24-26-28-30-32-34-36-39-45(47-42-44(48-45)38-41-46(5)43(3)4)40-37-35-33-31-29-27-25-23-21-19-17-15-13-11-9-7-2/h14-17,20-23,43-44H,6-13,18-19,24-42H2,1-5H3/b16-14-,17-15-,22-20-,23-21-. The largest absolute Gasteiger partial charge is 0.347 e. The second kappa shape index (κ2) is 33.0. The highest BCUT2D eigenvalue weighted by Gasteiger charge is 2.40. The lowest BCUT2D eigenvalue weighted by atomic mass is 9.98. The van der Waals surface area contributed by atoms with E-state index in [4.69, 9.17) is 9.47 Å². The van der Waals surface area contributed by atoms with Crippen LogP contribution >= 0.6 is 0 Å². The number of ether oxygens (including phenoxy) is 2. The Morgan fingerprint density at radius 2 is 0.958 bits per heavy atom. The monoisotopic (exact) mass is 670 g/mol. The number of hydrogen-bond donors (Lipinski definition) is 0. The first-order valence-electron chi connectivity index (χ1n) is 21.1. The van der Waals surface area contributed by atoms with Crippen molar-refractivity contribution in [3.63, 3.8) is 0 Å². The van der Waals surface area contributed by atoms with E-state index in [0.717, 1.165) is 45.3 Å². The molecule has 0 aliphatic carbocycles. The van der Waals surface area contributed by atoms with Crippen LogP contribution in [0.4, 0.5) is 0 Å². The van der Waals surface area contributed by atoms with E-state index in [1.807, 2.05) is 0 Å². The molecule has 0 spiro atoms. The summed E-state index contributed by atoms with van der Waals surface area (Å²) in [6.07, 6.45) is 53.3. The molecule has 0 amide bonds. The first-order valence-corrected chi connectivity index (χ1v) is 21.1. The van der Waals surface area contributed by atoms with Gasteiger partial charge in [-0.05, 0) is 104 Å². The summed E-state index contributed by atoms with van der Waals surface area (Å²) in [6, 6.07) is 0.577. The van der Waals surface area contributed by atoms with Gasteiger partial charge in [-0.3, -0.25) is 0 Å². The Balaban J connectivity index is 2.23. The molecule has 0 bridgehead atoms. The van der Waals surface area contributed by atoms with Crippen LogP contribution in [0.5, 0.6) is 0 Å². The lowest BCUT2D eigenvalue weighted by Gasteiger charge is -2.29. The summed E-state index contributed by atoms with van der Waals surface area (Å²) in [5.41, 5.74) is 0. The Labute approximate surface area is 301 Å². The van der Waals surface area contributed by atoms with Gasteiger partial charge in [0.1, 0.15) is 0 Å². The fraction of sp³-hybridized carbons (Fsp3) is 0.822. The third-order valence-electron chi connectivity index (χ3n) is 10.1. The Kier molecular flexibility index (Phi) is 30.9. The molecule has 1 saturated heterocycles. The topological polar surface area (TPSA) is 21.7 Å². The molecule has 0 aromatic rings. The summed E-state index contributed by atoms with van der Waals surface area (Å²) in [5.74, 6) is -0.328. The number of unbranched alkanes of at least 4 members (excludes halogenated alkanes) is 18. The molecule has 1 aliphatic heterocycles. The third kappa shape index (κ3) is 26.7. The summed E-state index contributed by atoms with van der Waals surface area (Å²) in [7, 11) is 2.22. The molecule has 1 unspecified atom stereocenters. The van der Waals surface area contributed by atoms with Gasteiger partial charge < -0.3 is 14.4 Å². The molecule has 1 atom stereocenters. The quantitative estimate of drug-likeness (QED) is 0.0503. The van der Waals surface area contributed by atoms with E-state index in [1.165, 1.54) is 141 Å². The van der Waals surface area contributed by atoms with Crippen molar-refractivity contribution in [2.24, 2.45) is 0 Å². The van der Waals surface area contributed by atoms with Crippen molar-refractivity contribution in [1.82, 2.24) is 4.90 Å². The van der Waals surface area contributed by atoms with Gasteiger partial charge in [-0.15, -0.1) is 0 Å². The van der Waals surface area contributed by atoms with Gasteiger partial charge in [0.15, 0.2) is 5.79 Å². The van der Waals surface area contributed by atoms with E-state index in [2.05, 4.69) is 88.3 Å². The smallest absolute Gasteiger partial charge is 0.168 e. The van der Waals surface area contributed by atoms with Gasteiger partial charge in [0.05, 0.1) is 12.7 Å². The molecule has 1 fully saturated rings. The van der Waals surface area contributed by atoms with Crippen molar-refractivity contribution in [1.29, 1.82) is 0 Å². The van der Waals surface area contributed by atoms with Gasteiger partial charge in [0, 0.05) is 25.4 Å². The van der Waals surface area contributed by atoms with Crippen LogP contribution in [-0.2, 0) is 9.47 Å². The third-order valence-corrected chi connectivity index (χ3v) is 10.1. The zero-order chi connectivity index (χ0) is 34.8. The van der Waals surface area contributed by atoms with Crippen molar-refractivity contribution < 1.29 is 9.47 Å². The summed E-state index contributed by atoms with van der Waals surface area (Å²) in [4.78, 5) is 2.42. The summed E-state index contributed by atoms with van der Waals surface area (Å²) < 4.78 is 13.3. The predicted molar refractivity (Wildman–Crippen MR) is 214 cm³/mol. The molecule has 48 heavy (non-hydrogen) atoms. The highest BCUT2D eigenvalue weighted by Crippen LogP contribution is 2.35. The van der Waals surface area contributed by atoms with Gasteiger partial charge in [0.25, 0.3) is 0 Å². The molecule has 3 heteroatoms. The zero-order valence-corrected chi connectivity index (χ0v) is 33.0. The number of allylic oxidation sites excluding steroid dienone is 8. The molecule has 3 nitrogen and oxygen atoms in total. The van der Waals surface area contributed by atoms with Crippen molar-refractivity contribution in [3.05, 3.63) is 48.6 Å². The molecular formula is C45H83NO2. The first-order chi connectivity index (χ1) is 23.5. The van der Waals surface area contributed by atoms with Crippen LogP contribution in [-0.4, -0.2) is 43.0 Å². The Morgan fingerprint density at radius 1 is 0.562 bits per heavy atom. The Bertz CT molecular complexity index is 749. The molecule has 1 rings (SSSR count). The van der Waals surface area contributed by atoms with E-state index in [9.17, 15) is 0 Å². The van der Waals surface area contributed by atoms with Gasteiger partial charge in [-0.1, -0.05) is 140 Å². The van der Waals surface area contributed by atoms with E-state index in [-0.39, 0.29) is 11.9 Å². The van der Waals surface area contributed by atoms with Crippen LogP contribution in [0, 0.1) is 0 Å². The number of rotatable bonds is 34. The van der Waals surface area contributed by atoms with E-state index in [1.54, 1.807) is 0 Å². The molecule has 280 valence electrons. The SMILES string of the molecule is CCCCC/C=C\C/C=C\CCCCCCCCC1(CCCCCCCC/C=C\C/C=C\CCCCC)OCC(CCN(C)C(C)C)O1. The van der Waals surface area contributed by atoms with Gasteiger partial charge in [0.2, 0.25) is 0 Å². The highest BCUT2D eigenvalue weighted by molar-refractivity contribution is 4.93. The van der Waals surface area contributed by atoms with Crippen molar-refractivity contribution >= 4 is 0 Å². The first kappa shape index (κ1) is 44.9. The van der Waals surface area contributed by atoms with E-state index >= 15 is 0 Å². The van der Waals surface area contributed by atoms with E-state index < -0.39 is 0 Å². The average molecular weight is 670 g/mol. The van der Waals surface area contributed by atoms with Crippen molar-refractivity contribution in [3.8, 4) is 0 Å². The van der Waals surface area contributed by atoms with E-state index in [0.29, 0.717) is 6.04 Å². The summed E-state index contributed by atoms with van der Waals surface area (Å²) in [5, 5.41) is 0. The van der Waals surface area contributed by atoms with Crippen LogP contribution in [0.2, 0.25) is 0 Å². The fourth-order valence-electron chi connectivity index (χ4n) is 6.52. The fourth-order valence-corrected chi connectivity index (χ4v) is 6.52. The summed E-state index contributed by atoms with van der Waals surface area (Å²) in [6.45, 7) is 10.9. The maximum atomic E-state index is 6.75. The minimum atomic E-state index is -0.328. The number of nitrogens with zero attached hydrogens (tertiary/aromatic N) is 1. The molecule has 0 aromatic heterocycles. The van der Waals surface area contributed by atoms with Crippen LogP contribution in [0.25, 0.3) is 0 Å². The molecule has 1 aliphatic rings. The minimum absolute atomic E-state index is 0.250. The second-order valence-corrected chi connectivity index (χ2v) is 15.0. The lowest BCUT2D eigenvalue weighted by molar-refractivity contribution is -0.180. The van der Waals surface area contributed by atoms with Crippen LogP contribution in [0.1, 0.15) is 201 Å². The molecule has 1 heterocycles. The molecule has 0 radical (unpaired) electrons. The molecule has 0 N–H and O–H groups in total. The summed E-state index contributed by atoms with van der Waals surface area (Å²) >= 11 is 0. The zero-order valence-electron chi connectivity index (χ0n) is 33.0. The second-order valence-electron chi connectivity index (χ2n) is 15.0. The van der Waals surface area contributed by atoms with Crippen molar-refractivity contribution in [2.45, 2.75) is 219 Å². The molecule has 0 saturated carbocycles.